The molecule has 0 aromatic carbocycles. The quantitative estimate of drug-likeness (QED) is 0.593. The van der Waals surface area contributed by atoms with Crippen LogP contribution in [-0.4, -0.2) is 65.6 Å². The Morgan fingerprint density at radius 1 is 1.24 bits per heavy atom. The van der Waals surface area contributed by atoms with Gasteiger partial charge in [0.15, 0.2) is 5.82 Å². The zero-order chi connectivity index (χ0) is 18.2. The molecule has 1 aromatic heterocycles. The number of hydrogen-bond donors (Lipinski definition) is 2. The topological polar surface area (TPSA) is 96.9 Å². The van der Waals surface area contributed by atoms with Gasteiger partial charge in [0.1, 0.15) is 0 Å². The van der Waals surface area contributed by atoms with E-state index < -0.39 is 12.4 Å². The van der Waals surface area contributed by atoms with E-state index >= 15 is 0 Å². The van der Waals surface area contributed by atoms with Crippen LogP contribution in [0.25, 0.3) is 0 Å². The summed E-state index contributed by atoms with van der Waals surface area (Å²) in [6, 6.07) is 0. The standard InChI is InChI=1S/C17H29N3O5/c1-4-23-11-12(21)9-20-8-7-14-13(10-20)16(22)19-15(18-14)17(24-5-2)25-6-3/h12,17,21H,4-11H2,1-3H3,(H,18,19,22)/t12-/m1/s1. The number of fused-ring (bicyclic) bond motifs is 1. The highest BCUT2D eigenvalue weighted by Gasteiger charge is 2.25. The van der Waals surface area contributed by atoms with Gasteiger partial charge in [-0.1, -0.05) is 0 Å². The summed E-state index contributed by atoms with van der Waals surface area (Å²) in [4.78, 5) is 21.9. The Hall–Kier alpha value is -1.32. The third-order valence-corrected chi connectivity index (χ3v) is 4.01. The Kier molecular flexibility index (Phi) is 7.98. The lowest BCUT2D eigenvalue weighted by Gasteiger charge is -2.29. The van der Waals surface area contributed by atoms with Crippen molar-refractivity contribution in [3.8, 4) is 0 Å². The Balaban J connectivity index is 2.09. The van der Waals surface area contributed by atoms with Crippen molar-refractivity contribution in [1.82, 2.24) is 14.9 Å². The smallest absolute Gasteiger partial charge is 0.255 e. The van der Waals surface area contributed by atoms with E-state index in [2.05, 4.69) is 9.97 Å². The van der Waals surface area contributed by atoms with E-state index in [0.29, 0.717) is 57.3 Å². The molecule has 0 spiro atoms. The number of hydrogen-bond acceptors (Lipinski definition) is 7. The molecular weight excluding hydrogens is 326 g/mol. The van der Waals surface area contributed by atoms with E-state index in [4.69, 9.17) is 14.2 Å². The maximum Gasteiger partial charge on any atom is 0.255 e. The minimum Gasteiger partial charge on any atom is -0.389 e. The Labute approximate surface area is 148 Å². The van der Waals surface area contributed by atoms with Gasteiger partial charge < -0.3 is 24.3 Å². The number of aromatic nitrogens is 2. The second-order valence-corrected chi connectivity index (χ2v) is 5.92. The van der Waals surface area contributed by atoms with E-state index in [-0.39, 0.29) is 5.56 Å². The fourth-order valence-corrected chi connectivity index (χ4v) is 2.88. The van der Waals surface area contributed by atoms with Crippen LogP contribution in [0.1, 0.15) is 44.1 Å². The average Bonchev–Trinajstić information content (AvgIpc) is 2.60. The van der Waals surface area contributed by atoms with Gasteiger partial charge in [0, 0.05) is 45.9 Å². The summed E-state index contributed by atoms with van der Waals surface area (Å²) in [6.07, 6.45) is -0.564. The first-order valence-electron chi connectivity index (χ1n) is 8.92. The van der Waals surface area contributed by atoms with Crippen LogP contribution in [0.15, 0.2) is 4.79 Å². The molecule has 2 N–H and O–H groups in total. The van der Waals surface area contributed by atoms with Crippen LogP contribution in [0.2, 0.25) is 0 Å². The van der Waals surface area contributed by atoms with Gasteiger partial charge in [-0.15, -0.1) is 0 Å². The molecule has 0 radical (unpaired) electrons. The molecule has 142 valence electrons. The summed E-state index contributed by atoms with van der Waals surface area (Å²) < 4.78 is 16.3. The predicted molar refractivity (Wildman–Crippen MR) is 92.3 cm³/mol. The Morgan fingerprint density at radius 3 is 2.60 bits per heavy atom. The van der Waals surface area contributed by atoms with Crippen molar-refractivity contribution in [2.75, 3.05) is 39.5 Å². The molecule has 8 heteroatoms. The summed E-state index contributed by atoms with van der Waals surface area (Å²) in [5.41, 5.74) is 1.25. The van der Waals surface area contributed by atoms with E-state index in [1.807, 2.05) is 25.7 Å². The summed E-state index contributed by atoms with van der Waals surface area (Å²) in [6.45, 7) is 9.13. The molecule has 0 saturated heterocycles. The van der Waals surface area contributed by atoms with Gasteiger partial charge in [-0.25, -0.2) is 4.98 Å². The molecule has 0 unspecified atom stereocenters. The maximum atomic E-state index is 12.5. The predicted octanol–water partition coefficient (Wildman–Crippen LogP) is 0.597. The molecule has 0 fully saturated rings. The van der Waals surface area contributed by atoms with Crippen LogP contribution in [-0.2, 0) is 27.2 Å². The van der Waals surface area contributed by atoms with Gasteiger partial charge in [0.2, 0.25) is 6.29 Å². The van der Waals surface area contributed by atoms with Crippen LogP contribution in [0.5, 0.6) is 0 Å². The first-order chi connectivity index (χ1) is 12.1. The minimum absolute atomic E-state index is 0.173. The largest absolute Gasteiger partial charge is 0.389 e. The van der Waals surface area contributed by atoms with Crippen molar-refractivity contribution in [2.24, 2.45) is 0 Å². The van der Waals surface area contributed by atoms with E-state index in [0.717, 1.165) is 12.2 Å². The van der Waals surface area contributed by atoms with Crippen molar-refractivity contribution < 1.29 is 19.3 Å². The summed E-state index contributed by atoms with van der Waals surface area (Å²) >= 11 is 0. The van der Waals surface area contributed by atoms with Gasteiger partial charge >= 0.3 is 0 Å². The lowest BCUT2D eigenvalue weighted by Crippen LogP contribution is -2.41. The fourth-order valence-electron chi connectivity index (χ4n) is 2.88. The van der Waals surface area contributed by atoms with Crippen LogP contribution in [0.4, 0.5) is 0 Å². The molecule has 2 heterocycles. The molecule has 0 amide bonds. The zero-order valence-corrected chi connectivity index (χ0v) is 15.3. The summed E-state index contributed by atoms with van der Waals surface area (Å²) in [7, 11) is 0. The normalized spacial score (nSPS) is 16.2. The third kappa shape index (κ3) is 5.58. The molecule has 1 atom stereocenters. The minimum atomic E-state index is -0.654. The van der Waals surface area contributed by atoms with Crippen molar-refractivity contribution in [3.63, 3.8) is 0 Å². The second kappa shape index (κ2) is 9.98. The number of H-pyrrole nitrogens is 1. The molecule has 1 aliphatic rings. The van der Waals surface area contributed by atoms with Gasteiger partial charge in [0.05, 0.1) is 24.0 Å². The molecule has 0 aliphatic carbocycles. The number of nitrogens with one attached hydrogen (secondary N) is 1. The SMILES string of the molecule is CCOC[C@H](O)CN1CCc2nc(C(OCC)OCC)[nH]c(=O)c2C1. The van der Waals surface area contributed by atoms with Crippen LogP contribution >= 0.6 is 0 Å². The third-order valence-electron chi connectivity index (χ3n) is 4.01. The van der Waals surface area contributed by atoms with Crippen molar-refractivity contribution in [3.05, 3.63) is 27.4 Å². The van der Waals surface area contributed by atoms with Gasteiger partial charge in [0.25, 0.3) is 5.56 Å². The molecule has 1 aromatic rings. The number of aliphatic hydroxyl groups is 1. The summed E-state index contributed by atoms with van der Waals surface area (Å²) in [5.74, 6) is 0.414. The van der Waals surface area contributed by atoms with Crippen molar-refractivity contribution >= 4 is 0 Å². The zero-order valence-electron chi connectivity index (χ0n) is 15.3. The lowest BCUT2D eigenvalue weighted by molar-refractivity contribution is -0.145. The summed E-state index contributed by atoms with van der Waals surface area (Å²) in [5, 5.41) is 9.98. The molecule has 0 saturated carbocycles. The highest BCUT2D eigenvalue weighted by atomic mass is 16.7. The van der Waals surface area contributed by atoms with Gasteiger partial charge in [-0.05, 0) is 20.8 Å². The van der Waals surface area contributed by atoms with E-state index in [1.165, 1.54) is 0 Å². The number of nitrogens with zero attached hydrogens (tertiary/aromatic N) is 2. The van der Waals surface area contributed by atoms with E-state index in [9.17, 15) is 9.90 Å². The molecule has 1 aliphatic heterocycles. The Morgan fingerprint density at radius 2 is 1.96 bits per heavy atom. The number of aliphatic hydroxyl groups excluding tert-OH is 1. The van der Waals surface area contributed by atoms with Gasteiger partial charge in [-0.2, -0.15) is 0 Å². The van der Waals surface area contributed by atoms with Crippen molar-refractivity contribution in [2.45, 2.75) is 46.1 Å². The van der Waals surface area contributed by atoms with Crippen LogP contribution < -0.4 is 5.56 Å². The molecule has 0 bridgehead atoms. The highest BCUT2D eigenvalue weighted by Crippen LogP contribution is 2.18. The molecule has 25 heavy (non-hydrogen) atoms. The fraction of sp³-hybridized carbons (Fsp3) is 0.765. The number of ether oxygens (including phenoxy) is 3. The molecular formula is C17H29N3O5. The molecule has 2 rings (SSSR count). The van der Waals surface area contributed by atoms with E-state index in [1.54, 1.807) is 0 Å². The molecule has 8 nitrogen and oxygen atoms in total. The monoisotopic (exact) mass is 355 g/mol. The van der Waals surface area contributed by atoms with Gasteiger partial charge in [-0.3, -0.25) is 9.69 Å². The van der Waals surface area contributed by atoms with Crippen molar-refractivity contribution in [1.29, 1.82) is 0 Å². The number of rotatable bonds is 10. The van der Waals surface area contributed by atoms with Crippen LogP contribution in [0, 0.1) is 0 Å². The first kappa shape index (κ1) is 20.0. The lowest BCUT2D eigenvalue weighted by atomic mass is 10.1. The maximum absolute atomic E-state index is 12.5. The first-order valence-corrected chi connectivity index (χ1v) is 8.92. The van der Waals surface area contributed by atoms with Crippen LogP contribution in [0.3, 0.4) is 0 Å². The Bertz CT molecular complexity index is 586. The second-order valence-electron chi connectivity index (χ2n) is 5.92. The number of β-amino-alcohol motifs (C(OH)–C–C–N with tert-alkyl or cyclic N) is 1. The highest BCUT2D eigenvalue weighted by molar-refractivity contribution is 5.21. The average molecular weight is 355 g/mol. The number of aromatic amines is 1.